The Bertz CT molecular complexity index is 870. The summed E-state index contributed by atoms with van der Waals surface area (Å²) in [5, 5.41) is 0. The molecule has 0 aromatic heterocycles. The molecule has 0 spiro atoms. The van der Waals surface area contributed by atoms with Crippen LogP contribution in [0.5, 0.6) is 0 Å². The summed E-state index contributed by atoms with van der Waals surface area (Å²) in [6.45, 7) is 0. The summed E-state index contributed by atoms with van der Waals surface area (Å²) in [5.41, 5.74) is 7.66. The van der Waals surface area contributed by atoms with E-state index in [2.05, 4.69) is 97.1 Å². The third-order valence-electron chi connectivity index (χ3n) is 4.24. The van der Waals surface area contributed by atoms with Crippen LogP contribution in [-0.4, -0.2) is 0 Å². The van der Waals surface area contributed by atoms with Crippen LogP contribution in [0.2, 0.25) is 0 Å². The number of allylic oxidation sites excluding steroid dienone is 4. The largest absolute Gasteiger partial charge is 3.00 e. The molecule has 0 unspecified atom stereocenters. The van der Waals surface area contributed by atoms with Crippen LogP contribution in [0.3, 0.4) is 0 Å². The van der Waals surface area contributed by atoms with Gasteiger partial charge < -0.3 is 24.8 Å². The molecule has 0 aliphatic heterocycles. The van der Waals surface area contributed by atoms with Gasteiger partial charge in [-0.1, -0.05) is 96.4 Å². The van der Waals surface area contributed by atoms with Crippen molar-refractivity contribution in [2.24, 2.45) is 0 Å². The van der Waals surface area contributed by atoms with Crippen molar-refractivity contribution >= 4 is 16.7 Å². The zero-order chi connectivity index (χ0) is 15.5. The molecule has 26 heavy (non-hydrogen) atoms. The van der Waals surface area contributed by atoms with Crippen molar-refractivity contribution < 1.29 is 51.0 Å². The summed E-state index contributed by atoms with van der Waals surface area (Å²) >= 11 is 0. The third kappa shape index (κ3) is 4.66. The van der Waals surface area contributed by atoms with Crippen LogP contribution in [0.1, 0.15) is 23.1 Å². The predicted molar refractivity (Wildman–Crippen MR) is 97.4 cm³/mol. The Labute approximate surface area is 187 Å². The molecule has 3 heteroatoms. The van der Waals surface area contributed by atoms with E-state index < -0.39 is 0 Å². The molecule has 0 atom stereocenters. The van der Waals surface area contributed by atoms with Crippen molar-refractivity contribution in [1.29, 1.82) is 0 Å². The number of hydrogen-bond donors (Lipinski definition) is 0. The van der Waals surface area contributed by atoms with Crippen molar-refractivity contribution in [1.82, 2.24) is 0 Å². The van der Waals surface area contributed by atoms with Crippen LogP contribution in [0.25, 0.3) is 16.7 Å². The van der Waals surface area contributed by atoms with E-state index >= 15 is 0 Å². The SMILES string of the molecule is [C-]1=C(c2ccccc2)C(c2ccccc2)=C(c2ccccc2)C1.[Cl-].[Cl-].[Zr+3]. The first-order chi connectivity index (χ1) is 11.4. The summed E-state index contributed by atoms with van der Waals surface area (Å²) in [7, 11) is 0. The van der Waals surface area contributed by atoms with Gasteiger partial charge >= 0.3 is 26.2 Å². The predicted octanol–water partition coefficient (Wildman–Crippen LogP) is -0.107. The Morgan fingerprint density at radius 2 is 0.962 bits per heavy atom. The quantitative estimate of drug-likeness (QED) is 0.484. The fourth-order valence-electron chi connectivity index (χ4n) is 3.16. The van der Waals surface area contributed by atoms with Gasteiger partial charge in [0.15, 0.2) is 0 Å². The minimum Gasteiger partial charge on any atom is -1.00 e. The first kappa shape index (κ1) is 22.6. The van der Waals surface area contributed by atoms with Crippen LogP contribution in [-0.2, 0) is 26.2 Å². The summed E-state index contributed by atoms with van der Waals surface area (Å²) in [6.07, 6.45) is 4.47. The van der Waals surface area contributed by atoms with Gasteiger partial charge in [0.05, 0.1) is 0 Å². The molecule has 4 rings (SSSR count). The van der Waals surface area contributed by atoms with E-state index in [-0.39, 0.29) is 51.0 Å². The minimum absolute atomic E-state index is 0. The molecule has 0 heterocycles. The van der Waals surface area contributed by atoms with E-state index in [0.29, 0.717) is 0 Å². The Morgan fingerprint density at radius 3 is 1.46 bits per heavy atom. The van der Waals surface area contributed by atoms with Gasteiger partial charge in [-0.2, -0.15) is 11.6 Å². The van der Waals surface area contributed by atoms with Gasteiger partial charge in [-0.05, 0) is 5.56 Å². The first-order valence-corrected chi connectivity index (χ1v) is 7.94. The molecule has 0 saturated carbocycles. The van der Waals surface area contributed by atoms with Crippen LogP contribution in [0, 0.1) is 6.08 Å². The molecule has 3 aromatic carbocycles. The third-order valence-corrected chi connectivity index (χ3v) is 4.24. The molecule has 0 nitrogen and oxygen atoms in total. The zero-order valence-corrected chi connectivity index (χ0v) is 18.1. The minimum atomic E-state index is 0. The molecule has 1 radical (unpaired) electrons. The average molecular weight is 456 g/mol. The van der Waals surface area contributed by atoms with Crippen molar-refractivity contribution in [3.63, 3.8) is 0 Å². The molecular formula is C23H17Cl2Zr. The Morgan fingerprint density at radius 1 is 0.538 bits per heavy atom. The molecule has 0 N–H and O–H groups in total. The normalized spacial score (nSPS) is 12.4. The molecular weight excluding hydrogens is 438 g/mol. The molecule has 1 aliphatic carbocycles. The van der Waals surface area contributed by atoms with Crippen molar-refractivity contribution in [3.05, 3.63) is 114 Å². The van der Waals surface area contributed by atoms with E-state index in [1.54, 1.807) is 0 Å². The molecule has 1 aliphatic rings. The molecule has 127 valence electrons. The molecule has 3 aromatic rings. The standard InChI is InChI=1S/C23H17.2ClH.Zr/c1-4-10-18(11-5-1)21-16-17-22(19-12-6-2-7-13-19)23(21)20-14-8-3-9-15-20;;;/h1-15H,16H2;2*1H;/q-1;;;+3/p-2. The van der Waals surface area contributed by atoms with E-state index in [4.69, 9.17) is 0 Å². The summed E-state index contributed by atoms with van der Waals surface area (Å²) in [5.74, 6) is 0. The summed E-state index contributed by atoms with van der Waals surface area (Å²) < 4.78 is 0. The second kappa shape index (κ2) is 10.7. The molecule has 0 saturated heterocycles. The van der Waals surface area contributed by atoms with Crippen LogP contribution in [0.4, 0.5) is 0 Å². The number of halogens is 2. The maximum Gasteiger partial charge on any atom is 3.00 e. The van der Waals surface area contributed by atoms with Gasteiger partial charge in [0.1, 0.15) is 0 Å². The maximum atomic E-state index is 3.61. The number of hydrogen-bond acceptors (Lipinski definition) is 0. The van der Waals surface area contributed by atoms with Gasteiger partial charge in [-0.3, -0.25) is 0 Å². The first-order valence-electron chi connectivity index (χ1n) is 7.94. The van der Waals surface area contributed by atoms with Gasteiger partial charge in [0, 0.05) is 0 Å². The van der Waals surface area contributed by atoms with E-state index in [1.165, 1.54) is 33.4 Å². The van der Waals surface area contributed by atoms with Crippen molar-refractivity contribution in [2.75, 3.05) is 0 Å². The molecule has 0 bridgehead atoms. The maximum absolute atomic E-state index is 3.61. The smallest absolute Gasteiger partial charge is 1.00 e. The van der Waals surface area contributed by atoms with Crippen LogP contribution in [0.15, 0.2) is 91.0 Å². The zero-order valence-electron chi connectivity index (χ0n) is 14.1. The Balaban J connectivity index is 0.00000113. The van der Waals surface area contributed by atoms with E-state index in [9.17, 15) is 0 Å². The summed E-state index contributed by atoms with van der Waals surface area (Å²) in [4.78, 5) is 0. The fraction of sp³-hybridized carbons (Fsp3) is 0.0435. The van der Waals surface area contributed by atoms with Crippen LogP contribution >= 0.6 is 0 Å². The van der Waals surface area contributed by atoms with Gasteiger partial charge in [0.2, 0.25) is 0 Å². The van der Waals surface area contributed by atoms with Crippen molar-refractivity contribution in [3.8, 4) is 0 Å². The van der Waals surface area contributed by atoms with Crippen LogP contribution < -0.4 is 24.8 Å². The fourth-order valence-corrected chi connectivity index (χ4v) is 3.16. The monoisotopic (exact) mass is 453 g/mol. The van der Waals surface area contributed by atoms with E-state index in [0.717, 1.165) is 6.42 Å². The van der Waals surface area contributed by atoms with Gasteiger partial charge in [-0.25, -0.2) is 0 Å². The van der Waals surface area contributed by atoms with Gasteiger partial charge in [-0.15, -0.1) is 23.3 Å². The van der Waals surface area contributed by atoms with Gasteiger partial charge in [0.25, 0.3) is 0 Å². The average Bonchev–Trinajstić information content (AvgIpc) is 3.09. The molecule has 0 amide bonds. The van der Waals surface area contributed by atoms with E-state index in [1.807, 2.05) is 0 Å². The number of benzene rings is 3. The molecule has 0 fully saturated rings. The van der Waals surface area contributed by atoms with Crippen molar-refractivity contribution in [2.45, 2.75) is 6.42 Å². The Kier molecular flexibility index (Phi) is 9.30. The second-order valence-corrected chi connectivity index (χ2v) is 5.68. The Hall–Kier alpha value is -1.40. The number of rotatable bonds is 3. The second-order valence-electron chi connectivity index (χ2n) is 5.68. The topological polar surface area (TPSA) is 0 Å². The summed E-state index contributed by atoms with van der Waals surface area (Å²) in [6, 6.07) is 31.9.